The van der Waals surface area contributed by atoms with E-state index in [0.717, 1.165) is 23.2 Å². The highest BCUT2D eigenvalue weighted by Gasteiger charge is 2.25. The van der Waals surface area contributed by atoms with Gasteiger partial charge in [0.25, 0.3) is 5.89 Å². The minimum absolute atomic E-state index is 0.262. The Kier molecular flexibility index (Phi) is 5.23. The average Bonchev–Trinajstić information content (AvgIpc) is 3.45. The van der Waals surface area contributed by atoms with Gasteiger partial charge in [0, 0.05) is 17.6 Å². The molecule has 3 heterocycles. The SMILES string of the molecule is N#Cc1nc(-c2ccc(COc3ccc(Br)cc3)o2)oc1N1CCc2ccccc2C1. The van der Waals surface area contributed by atoms with Crippen LogP contribution in [0.15, 0.2) is 74.0 Å². The van der Waals surface area contributed by atoms with E-state index < -0.39 is 0 Å². The summed E-state index contributed by atoms with van der Waals surface area (Å²) in [7, 11) is 0. The molecule has 1 aliphatic rings. The van der Waals surface area contributed by atoms with Crippen molar-refractivity contribution in [2.24, 2.45) is 0 Å². The lowest BCUT2D eigenvalue weighted by molar-refractivity contribution is 0.271. The van der Waals surface area contributed by atoms with Gasteiger partial charge in [-0.3, -0.25) is 0 Å². The van der Waals surface area contributed by atoms with E-state index in [4.69, 9.17) is 13.6 Å². The van der Waals surface area contributed by atoms with Crippen molar-refractivity contribution in [3.05, 3.63) is 87.7 Å². The number of hydrogen-bond donors (Lipinski definition) is 0. The fraction of sp³-hybridized carbons (Fsp3) is 0.167. The Morgan fingerprint density at radius 3 is 2.65 bits per heavy atom. The molecule has 31 heavy (non-hydrogen) atoms. The van der Waals surface area contributed by atoms with Crippen LogP contribution in [0.25, 0.3) is 11.7 Å². The van der Waals surface area contributed by atoms with Gasteiger partial charge >= 0.3 is 0 Å². The lowest BCUT2D eigenvalue weighted by Crippen LogP contribution is -2.30. The largest absolute Gasteiger partial charge is 0.486 e. The van der Waals surface area contributed by atoms with Crippen molar-refractivity contribution in [1.82, 2.24) is 4.98 Å². The van der Waals surface area contributed by atoms with Crippen molar-refractivity contribution in [3.8, 4) is 23.5 Å². The van der Waals surface area contributed by atoms with Gasteiger partial charge in [-0.15, -0.1) is 0 Å². The highest BCUT2D eigenvalue weighted by atomic mass is 79.9. The third kappa shape index (κ3) is 4.07. The minimum Gasteiger partial charge on any atom is -0.486 e. The molecule has 0 amide bonds. The summed E-state index contributed by atoms with van der Waals surface area (Å²) in [6, 6.07) is 21.7. The maximum atomic E-state index is 9.59. The Labute approximate surface area is 187 Å². The summed E-state index contributed by atoms with van der Waals surface area (Å²) >= 11 is 3.40. The van der Waals surface area contributed by atoms with Gasteiger partial charge in [0.2, 0.25) is 11.6 Å². The van der Waals surface area contributed by atoms with Gasteiger partial charge in [0.15, 0.2) is 5.76 Å². The Morgan fingerprint density at radius 1 is 1.03 bits per heavy atom. The second kappa shape index (κ2) is 8.32. The molecule has 0 atom stereocenters. The van der Waals surface area contributed by atoms with Crippen LogP contribution in [-0.4, -0.2) is 11.5 Å². The van der Waals surface area contributed by atoms with Crippen molar-refractivity contribution in [3.63, 3.8) is 0 Å². The van der Waals surface area contributed by atoms with E-state index >= 15 is 0 Å². The molecule has 0 fully saturated rings. The van der Waals surface area contributed by atoms with Crippen LogP contribution >= 0.6 is 15.9 Å². The van der Waals surface area contributed by atoms with Gasteiger partial charge in [-0.1, -0.05) is 40.2 Å². The molecule has 0 N–H and O–H groups in total. The second-order valence-electron chi connectivity index (χ2n) is 7.23. The Balaban J connectivity index is 1.33. The standard InChI is InChI=1S/C24H18BrN3O3/c25-18-5-7-19(8-6-18)29-15-20-9-10-22(30-20)23-27-21(13-26)24(31-23)28-12-11-16-3-1-2-4-17(16)14-28/h1-10H,11-12,14-15H2. The lowest BCUT2D eigenvalue weighted by Gasteiger charge is -2.28. The summed E-state index contributed by atoms with van der Waals surface area (Å²) in [6.45, 7) is 1.73. The molecule has 6 nitrogen and oxygen atoms in total. The molecule has 0 saturated carbocycles. The lowest BCUT2D eigenvalue weighted by atomic mass is 10.00. The van der Waals surface area contributed by atoms with Crippen molar-refractivity contribution < 1.29 is 13.6 Å². The number of halogens is 1. The van der Waals surface area contributed by atoms with Gasteiger partial charge in [0.1, 0.15) is 24.2 Å². The summed E-state index contributed by atoms with van der Waals surface area (Å²) in [5, 5.41) is 9.59. The smallest absolute Gasteiger partial charge is 0.266 e. The predicted octanol–water partition coefficient (Wildman–Crippen LogP) is 5.71. The number of oxazole rings is 1. The monoisotopic (exact) mass is 475 g/mol. The van der Waals surface area contributed by atoms with Crippen LogP contribution in [0.4, 0.5) is 5.88 Å². The van der Waals surface area contributed by atoms with E-state index in [-0.39, 0.29) is 12.3 Å². The number of benzene rings is 2. The first-order chi connectivity index (χ1) is 15.2. The molecule has 0 saturated heterocycles. The number of furan rings is 1. The van der Waals surface area contributed by atoms with Gasteiger partial charge < -0.3 is 18.5 Å². The molecule has 7 heteroatoms. The second-order valence-corrected chi connectivity index (χ2v) is 8.15. The molecule has 0 radical (unpaired) electrons. The number of nitrogens with zero attached hydrogens (tertiary/aromatic N) is 3. The van der Waals surface area contributed by atoms with Crippen molar-refractivity contribution >= 4 is 21.8 Å². The van der Waals surface area contributed by atoms with Crippen LogP contribution in [0.2, 0.25) is 0 Å². The molecular weight excluding hydrogens is 458 g/mol. The number of hydrogen-bond acceptors (Lipinski definition) is 6. The Hall–Kier alpha value is -3.50. The molecule has 0 spiro atoms. The maximum Gasteiger partial charge on any atom is 0.266 e. The summed E-state index contributed by atoms with van der Waals surface area (Å²) in [5.74, 6) is 2.63. The number of nitriles is 1. The first-order valence-electron chi connectivity index (χ1n) is 9.90. The first kappa shape index (κ1) is 19.5. The zero-order valence-corrected chi connectivity index (χ0v) is 18.1. The van der Waals surface area contributed by atoms with Crippen LogP contribution in [0.3, 0.4) is 0 Å². The molecule has 0 bridgehead atoms. The molecular formula is C24H18BrN3O3. The Bertz CT molecular complexity index is 1250. The van der Waals surface area contributed by atoms with Crippen LogP contribution < -0.4 is 9.64 Å². The number of ether oxygens (including phenoxy) is 1. The molecule has 0 unspecified atom stereocenters. The van der Waals surface area contributed by atoms with E-state index in [1.54, 1.807) is 6.07 Å². The molecule has 2 aromatic carbocycles. The summed E-state index contributed by atoms with van der Waals surface area (Å²) < 4.78 is 18.6. The molecule has 4 aromatic rings. The fourth-order valence-corrected chi connectivity index (χ4v) is 3.89. The fourth-order valence-electron chi connectivity index (χ4n) is 3.63. The summed E-state index contributed by atoms with van der Waals surface area (Å²) in [6.07, 6.45) is 0.898. The normalized spacial score (nSPS) is 13.0. The number of anilines is 1. The van der Waals surface area contributed by atoms with Crippen LogP contribution in [0, 0.1) is 11.3 Å². The zero-order chi connectivity index (χ0) is 21.2. The first-order valence-corrected chi connectivity index (χ1v) is 10.7. The molecule has 154 valence electrons. The van der Waals surface area contributed by atoms with Crippen LogP contribution in [0.1, 0.15) is 22.6 Å². The van der Waals surface area contributed by atoms with Crippen molar-refractivity contribution in [2.45, 2.75) is 19.6 Å². The molecule has 2 aromatic heterocycles. The average molecular weight is 476 g/mol. The molecule has 1 aliphatic heterocycles. The summed E-state index contributed by atoms with van der Waals surface area (Å²) in [4.78, 5) is 6.42. The summed E-state index contributed by atoms with van der Waals surface area (Å²) in [5.41, 5.74) is 2.83. The third-order valence-electron chi connectivity index (χ3n) is 5.20. The maximum absolute atomic E-state index is 9.59. The van der Waals surface area contributed by atoms with Gasteiger partial charge in [0.05, 0.1) is 0 Å². The molecule has 0 aliphatic carbocycles. The van der Waals surface area contributed by atoms with Crippen molar-refractivity contribution in [2.75, 3.05) is 11.4 Å². The number of rotatable bonds is 5. The Morgan fingerprint density at radius 2 is 1.84 bits per heavy atom. The van der Waals surface area contributed by atoms with Crippen LogP contribution in [0.5, 0.6) is 5.75 Å². The quantitative estimate of drug-likeness (QED) is 0.367. The molecule has 5 rings (SSSR count). The minimum atomic E-state index is 0.262. The van der Waals surface area contributed by atoms with Crippen LogP contribution in [-0.2, 0) is 19.6 Å². The third-order valence-corrected chi connectivity index (χ3v) is 5.73. The van der Waals surface area contributed by atoms with E-state index in [0.29, 0.717) is 29.8 Å². The van der Waals surface area contributed by atoms with E-state index in [1.807, 2.05) is 36.4 Å². The van der Waals surface area contributed by atoms with Gasteiger partial charge in [-0.25, -0.2) is 0 Å². The van der Waals surface area contributed by atoms with E-state index in [2.05, 4.69) is 50.1 Å². The highest BCUT2D eigenvalue weighted by molar-refractivity contribution is 9.10. The highest BCUT2D eigenvalue weighted by Crippen LogP contribution is 2.32. The predicted molar refractivity (Wildman–Crippen MR) is 119 cm³/mol. The number of aromatic nitrogens is 1. The van der Waals surface area contributed by atoms with Gasteiger partial charge in [-0.2, -0.15) is 10.2 Å². The van der Waals surface area contributed by atoms with E-state index in [1.165, 1.54) is 11.1 Å². The van der Waals surface area contributed by atoms with E-state index in [9.17, 15) is 5.26 Å². The number of fused-ring (bicyclic) bond motifs is 1. The van der Waals surface area contributed by atoms with Gasteiger partial charge in [-0.05, 0) is 53.9 Å². The topological polar surface area (TPSA) is 75.4 Å². The zero-order valence-electron chi connectivity index (χ0n) is 16.5. The van der Waals surface area contributed by atoms with Crippen molar-refractivity contribution in [1.29, 1.82) is 5.26 Å².